The van der Waals surface area contributed by atoms with Crippen LogP contribution in [0.2, 0.25) is 0 Å². The summed E-state index contributed by atoms with van der Waals surface area (Å²) in [6, 6.07) is 7.91. The Morgan fingerprint density at radius 1 is 1.32 bits per heavy atom. The molecule has 1 aliphatic rings. The molecule has 0 bridgehead atoms. The monoisotopic (exact) mass is 285 g/mol. The molecule has 0 radical (unpaired) electrons. The molecular weight excluding hydrogens is 269 g/mol. The first-order valence-electron chi connectivity index (χ1n) is 6.13. The number of benzene rings is 1. The summed E-state index contributed by atoms with van der Waals surface area (Å²) < 4.78 is 34.4. The zero-order valence-corrected chi connectivity index (χ0v) is 11.5. The Bertz CT molecular complexity index is 568. The van der Waals surface area contributed by atoms with Gasteiger partial charge in [0.05, 0.1) is 0 Å². The Morgan fingerprint density at radius 2 is 1.95 bits per heavy atom. The van der Waals surface area contributed by atoms with Gasteiger partial charge in [0.25, 0.3) is 0 Å². The number of amides is 1. The largest absolute Gasteiger partial charge is 0.341 e. The summed E-state index contributed by atoms with van der Waals surface area (Å²) in [6.07, 6.45) is 0.401. The second-order valence-corrected chi connectivity index (χ2v) is 6.49. The molecule has 1 atom stereocenters. The van der Waals surface area contributed by atoms with Gasteiger partial charge in [-0.2, -0.15) is 8.42 Å². The van der Waals surface area contributed by atoms with E-state index in [1.54, 1.807) is 0 Å². The van der Waals surface area contributed by atoms with Gasteiger partial charge in [-0.15, -0.1) is 3.89 Å². The highest BCUT2D eigenvalue weighted by atomic mass is 32.3. The Kier molecular flexibility index (Phi) is 3.89. The standard InChI is InChI=1S/C13H16FNO3S/c1-10-2-4-11(5-3-10)6-7-15-9-12(8-13(15)16)19(14,17)18/h2-5,12H,6-9H2,1H3. The fourth-order valence-corrected chi connectivity index (χ4v) is 2.86. The maximum Gasteiger partial charge on any atom is 0.307 e. The molecule has 4 nitrogen and oxygen atoms in total. The van der Waals surface area contributed by atoms with Gasteiger partial charge in [0.15, 0.2) is 0 Å². The van der Waals surface area contributed by atoms with Gasteiger partial charge in [-0.25, -0.2) is 0 Å². The van der Waals surface area contributed by atoms with Crippen molar-refractivity contribution in [2.75, 3.05) is 13.1 Å². The van der Waals surface area contributed by atoms with Crippen molar-refractivity contribution in [1.82, 2.24) is 4.90 Å². The molecule has 0 aromatic heterocycles. The lowest BCUT2D eigenvalue weighted by molar-refractivity contribution is -0.127. The second kappa shape index (κ2) is 5.28. The SMILES string of the molecule is Cc1ccc(CCN2CC(S(=O)(=O)F)CC2=O)cc1. The van der Waals surface area contributed by atoms with E-state index in [-0.39, 0.29) is 18.9 Å². The van der Waals surface area contributed by atoms with Crippen molar-refractivity contribution in [3.63, 3.8) is 0 Å². The van der Waals surface area contributed by atoms with Gasteiger partial charge >= 0.3 is 10.2 Å². The van der Waals surface area contributed by atoms with Crippen LogP contribution < -0.4 is 0 Å². The molecule has 19 heavy (non-hydrogen) atoms. The normalized spacial score (nSPS) is 20.0. The molecule has 1 heterocycles. The van der Waals surface area contributed by atoms with Crippen LogP contribution in [0.1, 0.15) is 17.5 Å². The minimum absolute atomic E-state index is 0.0382. The number of hydrogen-bond acceptors (Lipinski definition) is 3. The number of carbonyl (C=O) groups is 1. The number of likely N-dealkylation sites (tertiary alicyclic amines) is 1. The van der Waals surface area contributed by atoms with Crippen LogP contribution in [-0.2, 0) is 21.4 Å². The molecule has 1 saturated heterocycles. The number of rotatable bonds is 4. The summed E-state index contributed by atoms with van der Waals surface area (Å²) in [5, 5.41) is -1.20. The lowest BCUT2D eigenvalue weighted by atomic mass is 10.1. The van der Waals surface area contributed by atoms with Gasteiger partial charge in [-0.3, -0.25) is 4.79 Å². The fourth-order valence-electron chi connectivity index (χ4n) is 2.16. The van der Waals surface area contributed by atoms with Crippen molar-refractivity contribution in [2.45, 2.75) is 25.0 Å². The van der Waals surface area contributed by atoms with E-state index in [1.807, 2.05) is 31.2 Å². The van der Waals surface area contributed by atoms with Gasteiger partial charge in [0.1, 0.15) is 5.25 Å². The third-order valence-electron chi connectivity index (χ3n) is 3.37. The van der Waals surface area contributed by atoms with Gasteiger partial charge in [-0.1, -0.05) is 29.8 Å². The molecule has 1 fully saturated rings. The van der Waals surface area contributed by atoms with Crippen LogP contribution in [0, 0.1) is 6.92 Å². The van der Waals surface area contributed by atoms with Crippen LogP contribution in [0.15, 0.2) is 24.3 Å². The van der Waals surface area contributed by atoms with Crippen molar-refractivity contribution in [3.05, 3.63) is 35.4 Å². The summed E-state index contributed by atoms with van der Waals surface area (Å²) in [5.41, 5.74) is 2.23. The van der Waals surface area contributed by atoms with E-state index in [4.69, 9.17) is 0 Å². The number of aryl methyl sites for hydroxylation is 1. The number of nitrogens with zero attached hydrogens (tertiary/aromatic N) is 1. The minimum Gasteiger partial charge on any atom is -0.341 e. The third-order valence-corrected chi connectivity index (χ3v) is 4.48. The first kappa shape index (κ1) is 14.0. The molecule has 104 valence electrons. The number of halogens is 1. The summed E-state index contributed by atoms with van der Waals surface area (Å²) in [7, 11) is -4.62. The molecule has 0 saturated carbocycles. The van der Waals surface area contributed by atoms with Crippen molar-refractivity contribution in [2.24, 2.45) is 0 Å². The van der Waals surface area contributed by atoms with Crippen LogP contribution in [0.25, 0.3) is 0 Å². The quantitative estimate of drug-likeness (QED) is 0.787. The number of carbonyl (C=O) groups excluding carboxylic acids is 1. The average molecular weight is 285 g/mol. The smallest absolute Gasteiger partial charge is 0.307 e. The van der Waals surface area contributed by atoms with Crippen LogP contribution >= 0.6 is 0 Å². The van der Waals surface area contributed by atoms with Crippen LogP contribution in [0.3, 0.4) is 0 Å². The molecule has 6 heteroatoms. The minimum atomic E-state index is -4.62. The van der Waals surface area contributed by atoms with Gasteiger partial charge in [0, 0.05) is 19.5 Å². The van der Waals surface area contributed by atoms with E-state index in [9.17, 15) is 17.1 Å². The van der Waals surface area contributed by atoms with Crippen molar-refractivity contribution in [1.29, 1.82) is 0 Å². The first-order valence-corrected chi connectivity index (χ1v) is 7.58. The molecular formula is C13H16FNO3S. The molecule has 2 rings (SSSR count). The lowest BCUT2D eigenvalue weighted by Crippen LogP contribution is -2.29. The summed E-state index contributed by atoms with van der Waals surface area (Å²) in [6.45, 7) is 2.38. The molecule has 0 spiro atoms. The van der Waals surface area contributed by atoms with E-state index in [1.165, 1.54) is 4.90 Å². The molecule has 0 N–H and O–H groups in total. The Balaban J connectivity index is 1.94. The lowest BCUT2D eigenvalue weighted by Gasteiger charge is -2.15. The van der Waals surface area contributed by atoms with Crippen molar-refractivity contribution >= 4 is 16.1 Å². The highest BCUT2D eigenvalue weighted by molar-refractivity contribution is 7.87. The maximum atomic E-state index is 12.8. The van der Waals surface area contributed by atoms with Crippen molar-refractivity contribution < 1.29 is 17.1 Å². The van der Waals surface area contributed by atoms with Crippen molar-refractivity contribution in [3.8, 4) is 0 Å². The van der Waals surface area contributed by atoms with Crippen LogP contribution in [-0.4, -0.2) is 37.6 Å². The zero-order chi connectivity index (χ0) is 14.0. The molecule has 1 unspecified atom stereocenters. The third kappa shape index (κ3) is 3.53. The molecule has 0 aliphatic carbocycles. The van der Waals surface area contributed by atoms with E-state index >= 15 is 0 Å². The topological polar surface area (TPSA) is 54.5 Å². The predicted molar refractivity (Wildman–Crippen MR) is 69.9 cm³/mol. The summed E-state index contributed by atoms with van der Waals surface area (Å²) in [5.74, 6) is -0.293. The summed E-state index contributed by atoms with van der Waals surface area (Å²) >= 11 is 0. The van der Waals surface area contributed by atoms with E-state index in [0.717, 1.165) is 11.1 Å². The second-order valence-electron chi connectivity index (χ2n) is 4.88. The van der Waals surface area contributed by atoms with E-state index in [2.05, 4.69) is 0 Å². The molecule has 1 amide bonds. The Morgan fingerprint density at radius 3 is 2.47 bits per heavy atom. The molecule has 1 aromatic rings. The van der Waals surface area contributed by atoms with E-state index in [0.29, 0.717) is 13.0 Å². The summed E-state index contributed by atoms with van der Waals surface area (Å²) in [4.78, 5) is 13.0. The molecule has 1 aromatic carbocycles. The van der Waals surface area contributed by atoms with E-state index < -0.39 is 15.5 Å². The van der Waals surface area contributed by atoms with Gasteiger partial charge < -0.3 is 4.90 Å². The zero-order valence-electron chi connectivity index (χ0n) is 10.7. The first-order chi connectivity index (χ1) is 8.86. The highest BCUT2D eigenvalue weighted by Crippen LogP contribution is 2.20. The average Bonchev–Trinajstić information content (AvgIpc) is 2.70. The predicted octanol–water partition coefficient (Wildman–Crippen LogP) is 1.44. The van der Waals surface area contributed by atoms with Gasteiger partial charge in [-0.05, 0) is 18.9 Å². The fraction of sp³-hybridized carbons (Fsp3) is 0.462. The Hall–Kier alpha value is -1.43. The highest BCUT2D eigenvalue weighted by Gasteiger charge is 2.37. The Labute approximate surface area is 112 Å². The van der Waals surface area contributed by atoms with Crippen LogP contribution in [0.4, 0.5) is 3.89 Å². The molecule has 1 aliphatic heterocycles. The van der Waals surface area contributed by atoms with Gasteiger partial charge in [0.2, 0.25) is 5.91 Å². The van der Waals surface area contributed by atoms with Crippen LogP contribution in [0.5, 0.6) is 0 Å². The maximum absolute atomic E-state index is 12.8. The number of hydrogen-bond donors (Lipinski definition) is 0.